The molecule has 0 spiro atoms. The first-order valence-corrected chi connectivity index (χ1v) is 8.86. The minimum atomic E-state index is -3.79. The number of hydrogen-bond acceptors (Lipinski definition) is 5. The molecular formula is C15H22N4O2S. The highest BCUT2D eigenvalue weighted by Crippen LogP contribution is 2.27. The Morgan fingerprint density at radius 3 is 2.68 bits per heavy atom. The van der Waals surface area contributed by atoms with Crippen molar-refractivity contribution in [1.82, 2.24) is 4.90 Å². The summed E-state index contributed by atoms with van der Waals surface area (Å²) in [6.45, 7) is 0. The summed E-state index contributed by atoms with van der Waals surface area (Å²) in [6, 6.07) is 7.23. The number of nitrogens with one attached hydrogen (secondary N) is 1. The summed E-state index contributed by atoms with van der Waals surface area (Å²) in [5.41, 5.74) is 0.970. The van der Waals surface area contributed by atoms with Gasteiger partial charge in [-0.15, -0.1) is 0 Å². The van der Waals surface area contributed by atoms with Crippen molar-refractivity contribution in [2.45, 2.75) is 42.7 Å². The Labute approximate surface area is 132 Å². The van der Waals surface area contributed by atoms with Crippen LogP contribution in [0.4, 0.5) is 5.69 Å². The van der Waals surface area contributed by atoms with Crippen molar-refractivity contribution in [2.75, 3.05) is 19.4 Å². The van der Waals surface area contributed by atoms with E-state index >= 15 is 0 Å². The van der Waals surface area contributed by atoms with Crippen molar-refractivity contribution in [1.29, 1.82) is 5.26 Å². The van der Waals surface area contributed by atoms with Crippen molar-refractivity contribution in [3.8, 4) is 6.07 Å². The molecule has 0 bridgehead atoms. The van der Waals surface area contributed by atoms with Gasteiger partial charge < -0.3 is 10.2 Å². The molecule has 3 N–H and O–H groups in total. The van der Waals surface area contributed by atoms with E-state index in [9.17, 15) is 13.7 Å². The fourth-order valence-corrected chi connectivity index (χ4v) is 3.44. The number of nitriles is 1. The lowest BCUT2D eigenvalue weighted by Crippen LogP contribution is -2.38. The Morgan fingerprint density at radius 2 is 2.09 bits per heavy atom. The summed E-state index contributed by atoms with van der Waals surface area (Å²) in [7, 11) is 0.365. The maximum absolute atomic E-state index is 11.4. The van der Waals surface area contributed by atoms with Crippen LogP contribution in [0.15, 0.2) is 23.1 Å². The molecule has 0 amide bonds. The summed E-state index contributed by atoms with van der Waals surface area (Å²) >= 11 is 0. The van der Waals surface area contributed by atoms with Crippen molar-refractivity contribution in [2.24, 2.45) is 5.14 Å². The van der Waals surface area contributed by atoms with Gasteiger partial charge in [0.05, 0.1) is 16.1 Å². The van der Waals surface area contributed by atoms with E-state index in [1.54, 1.807) is 6.07 Å². The van der Waals surface area contributed by atoms with Crippen molar-refractivity contribution in [3.63, 3.8) is 0 Å². The molecule has 2 atom stereocenters. The lowest BCUT2D eigenvalue weighted by Gasteiger charge is -2.34. The first-order chi connectivity index (χ1) is 10.3. The molecular weight excluding hydrogens is 300 g/mol. The second-order valence-corrected chi connectivity index (χ2v) is 7.55. The Bertz CT molecular complexity index is 679. The van der Waals surface area contributed by atoms with E-state index in [1.165, 1.54) is 18.6 Å². The fraction of sp³-hybridized carbons (Fsp3) is 0.533. The second kappa shape index (κ2) is 6.65. The zero-order valence-electron chi connectivity index (χ0n) is 12.9. The smallest absolute Gasteiger partial charge is 0.238 e. The number of nitrogens with two attached hydrogens (primary N) is 1. The van der Waals surface area contributed by atoms with Crippen LogP contribution in [0.5, 0.6) is 0 Å². The van der Waals surface area contributed by atoms with Crippen LogP contribution in [-0.2, 0) is 10.0 Å². The van der Waals surface area contributed by atoms with Crippen molar-refractivity contribution >= 4 is 15.7 Å². The fourth-order valence-electron chi connectivity index (χ4n) is 2.90. The Balaban J connectivity index is 2.18. The van der Waals surface area contributed by atoms with Gasteiger partial charge in [-0.3, -0.25) is 0 Å². The highest BCUT2D eigenvalue weighted by molar-refractivity contribution is 7.89. The first kappa shape index (κ1) is 16.7. The van der Waals surface area contributed by atoms with Crippen molar-refractivity contribution < 1.29 is 8.42 Å². The second-order valence-electron chi connectivity index (χ2n) is 5.99. The molecule has 2 rings (SSSR count). The third-order valence-corrected chi connectivity index (χ3v) is 5.09. The van der Waals surface area contributed by atoms with Crippen LogP contribution in [-0.4, -0.2) is 39.5 Å². The minimum Gasteiger partial charge on any atom is -0.381 e. The Morgan fingerprint density at radius 1 is 1.36 bits per heavy atom. The normalized spacial score (nSPS) is 22.3. The van der Waals surface area contributed by atoms with E-state index in [4.69, 9.17) is 5.14 Å². The summed E-state index contributed by atoms with van der Waals surface area (Å²) in [6.07, 6.45) is 4.37. The number of benzene rings is 1. The number of sulfonamides is 1. The monoisotopic (exact) mass is 322 g/mol. The number of nitrogens with zero attached hydrogens (tertiary/aromatic N) is 2. The van der Waals surface area contributed by atoms with Gasteiger partial charge in [0.25, 0.3) is 0 Å². The molecule has 0 aliphatic heterocycles. The van der Waals surface area contributed by atoms with Crippen LogP contribution in [0, 0.1) is 11.3 Å². The maximum Gasteiger partial charge on any atom is 0.238 e. The molecule has 1 aliphatic rings. The van der Waals surface area contributed by atoms with Crippen molar-refractivity contribution in [3.05, 3.63) is 23.8 Å². The van der Waals surface area contributed by atoms with Gasteiger partial charge in [0.15, 0.2) is 0 Å². The molecule has 0 unspecified atom stereocenters. The predicted octanol–water partition coefficient (Wildman–Crippen LogP) is 1.49. The highest BCUT2D eigenvalue weighted by Gasteiger charge is 2.24. The topological polar surface area (TPSA) is 99.2 Å². The van der Waals surface area contributed by atoms with Gasteiger partial charge in [0.2, 0.25) is 10.0 Å². The van der Waals surface area contributed by atoms with Crippen LogP contribution in [0.2, 0.25) is 0 Å². The predicted molar refractivity (Wildman–Crippen MR) is 85.9 cm³/mol. The average Bonchev–Trinajstić information content (AvgIpc) is 2.46. The van der Waals surface area contributed by atoms with Crippen LogP contribution < -0.4 is 10.5 Å². The van der Waals surface area contributed by atoms with Crippen LogP contribution >= 0.6 is 0 Å². The number of anilines is 1. The van der Waals surface area contributed by atoms with Gasteiger partial charge in [-0.1, -0.05) is 0 Å². The molecule has 0 radical (unpaired) electrons. The third-order valence-electron chi connectivity index (χ3n) is 4.18. The zero-order chi connectivity index (χ0) is 16.3. The van der Waals surface area contributed by atoms with E-state index in [2.05, 4.69) is 24.3 Å². The molecule has 7 heteroatoms. The van der Waals surface area contributed by atoms with Gasteiger partial charge in [-0.2, -0.15) is 5.26 Å². The van der Waals surface area contributed by atoms with Gasteiger partial charge >= 0.3 is 0 Å². The Kier molecular flexibility index (Phi) is 5.06. The molecule has 6 nitrogen and oxygen atoms in total. The maximum atomic E-state index is 11.4. The van der Waals surface area contributed by atoms with Gasteiger partial charge in [0.1, 0.15) is 6.07 Å². The number of hydrogen-bond donors (Lipinski definition) is 2. The lowest BCUT2D eigenvalue weighted by atomic mass is 9.90. The van der Waals surface area contributed by atoms with Crippen LogP contribution in [0.25, 0.3) is 0 Å². The molecule has 1 aliphatic carbocycles. The zero-order valence-corrected chi connectivity index (χ0v) is 13.7. The molecule has 1 fully saturated rings. The van der Waals surface area contributed by atoms with Gasteiger partial charge in [-0.05, 0) is 58.0 Å². The number of rotatable bonds is 4. The lowest BCUT2D eigenvalue weighted by molar-refractivity contribution is 0.219. The number of primary sulfonamides is 1. The van der Waals surface area contributed by atoms with E-state index in [0.717, 1.165) is 19.3 Å². The average molecular weight is 322 g/mol. The van der Waals surface area contributed by atoms with E-state index in [0.29, 0.717) is 17.3 Å². The molecule has 0 saturated heterocycles. The van der Waals surface area contributed by atoms with Crippen LogP contribution in [0.3, 0.4) is 0 Å². The molecule has 120 valence electrons. The van der Waals surface area contributed by atoms with Gasteiger partial charge in [-0.25, -0.2) is 13.6 Å². The molecule has 0 heterocycles. The van der Waals surface area contributed by atoms with E-state index < -0.39 is 10.0 Å². The molecule has 1 saturated carbocycles. The summed E-state index contributed by atoms with van der Waals surface area (Å²) in [4.78, 5) is 2.19. The summed E-state index contributed by atoms with van der Waals surface area (Å²) in [5, 5.41) is 17.7. The standard InChI is InChI=1S/C15H22N4O2S/c1-19(2)13-5-3-4-12(9-13)18-15-7-6-14(22(17,20)21)8-11(15)10-16/h6-8,12-13,18H,3-5,9H2,1-2H3,(H2,17,20,21)/t12-,13-/m1/s1. The Hall–Kier alpha value is -1.62. The summed E-state index contributed by atoms with van der Waals surface area (Å²) in [5.74, 6) is 0. The highest BCUT2D eigenvalue weighted by atomic mass is 32.2. The minimum absolute atomic E-state index is 0.0376. The third kappa shape index (κ3) is 3.97. The molecule has 0 aromatic heterocycles. The SMILES string of the molecule is CN(C)[C@@H]1CCC[C@@H](Nc2ccc(S(N)(=O)=O)cc2C#N)C1. The largest absolute Gasteiger partial charge is 0.381 e. The van der Waals surface area contributed by atoms with Crippen LogP contribution in [0.1, 0.15) is 31.2 Å². The quantitative estimate of drug-likeness (QED) is 0.875. The molecule has 1 aromatic rings. The summed E-state index contributed by atoms with van der Waals surface area (Å²) < 4.78 is 22.7. The van der Waals surface area contributed by atoms with E-state index in [1.807, 2.05) is 6.07 Å². The molecule has 22 heavy (non-hydrogen) atoms. The first-order valence-electron chi connectivity index (χ1n) is 7.31. The molecule has 1 aromatic carbocycles. The van der Waals surface area contributed by atoms with E-state index in [-0.39, 0.29) is 10.9 Å². The van der Waals surface area contributed by atoms with Gasteiger partial charge in [0, 0.05) is 12.1 Å².